The third-order valence-electron chi connectivity index (χ3n) is 3.79. The number of hydrogen-bond donors (Lipinski definition) is 1. The third-order valence-corrected chi connectivity index (χ3v) is 3.79. The molecule has 2 aromatic rings. The van der Waals surface area contributed by atoms with Gasteiger partial charge in [-0.3, -0.25) is 4.79 Å². The molecule has 1 aliphatic carbocycles. The number of rotatable bonds is 4. The summed E-state index contributed by atoms with van der Waals surface area (Å²) >= 11 is 0. The van der Waals surface area contributed by atoms with E-state index in [0.717, 1.165) is 18.5 Å². The molecule has 1 fully saturated rings. The van der Waals surface area contributed by atoms with Crippen molar-refractivity contribution in [1.29, 1.82) is 0 Å². The summed E-state index contributed by atoms with van der Waals surface area (Å²) in [5.41, 5.74) is 1.16. The van der Waals surface area contributed by atoms with Crippen LogP contribution in [0.4, 0.5) is 0 Å². The van der Waals surface area contributed by atoms with Crippen LogP contribution in [0.3, 0.4) is 0 Å². The van der Waals surface area contributed by atoms with Gasteiger partial charge in [0, 0.05) is 13.6 Å². The first-order chi connectivity index (χ1) is 10.1. The van der Waals surface area contributed by atoms with Gasteiger partial charge in [-0.05, 0) is 30.9 Å². The van der Waals surface area contributed by atoms with Crippen molar-refractivity contribution in [3.8, 4) is 5.69 Å². The van der Waals surface area contributed by atoms with E-state index in [1.54, 1.807) is 11.9 Å². The molecular formula is C15H18N4O2. The van der Waals surface area contributed by atoms with Crippen molar-refractivity contribution in [2.75, 3.05) is 13.6 Å². The van der Waals surface area contributed by atoms with Crippen LogP contribution in [0.15, 0.2) is 36.5 Å². The normalized spacial score (nSPS) is 20.9. The van der Waals surface area contributed by atoms with Gasteiger partial charge in [-0.1, -0.05) is 18.2 Å². The van der Waals surface area contributed by atoms with Gasteiger partial charge in [0.05, 0.1) is 18.0 Å². The molecule has 0 saturated heterocycles. The minimum atomic E-state index is -0.197. The average Bonchev–Trinajstić information content (AvgIpc) is 2.95. The quantitative estimate of drug-likeness (QED) is 0.914. The van der Waals surface area contributed by atoms with Crippen molar-refractivity contribution >= 4 is 5.91 Å². The maximum absolute atomic E-state index is 12.3. The second-order valence-electron chi connectivity index (χ2n) is 5.53. The predicted molar refractivity (Wildman–Crippen MR) is 77.1 cm³/mol. The van der Waals surface area contributed by atoms with Crippen LogP contribution in [0.25, 0.3) is 5.69 Å². The molecule has 1 N–H and O–H groups in total. The summed E-state index contributed by atoms with van der Waals surface area (Å²) in [6, 6.07) is 9.48. The van der Waals surface area contributed by atoms with E-state index in [0.29, 0.717) is 18.2 Å². The van der Waals surface area contributed by atoms with Crippen LogP contribution in [-0.2, 0) is 0 Å². The van der Waals surface area contributed by atoms with Gasteiger partial charge in [-0.15, -0.1) is 5.10 Å². The number of amides is 1. The predicted octanol–water partition coefficient (Wildman–Crippen LogP) is 1.11. The van der Waals surface area contributed by atoms with Gasteiger partial charge >= 0.3 is 0 Å². The fraction of sp³-hybridized carbons (Fsp3) is 0.400. The SMILES string of the molecule is CN(CC1CC(O)C1)C(=O)c1cnn(-c2ccccc2)n1. The highest BCUT2D eigenvalue weighted by Crippen LogP contribution is 2.27. The first-order valence-electron chi connectivity index (χ1n) is 7.05. The first kappa shape index (κ1) is 13.8. The summed E-state index contributed by atoms with van der Waals surface area (Å²) < 4.78 is 0. The van der Waals surface area contributed by atoms with E-state index in [4.69, 9.17) is 0 Å². The highest BCUT2D eigenvalue weighted by Gasteiger charge is 2.29. The highest BCUT2D eigenvalue weighted by molar-refractivity contribution is 5.91. The zero-order valence-electron chi connectivity index (χ0n) is 11.9. The van der Waals surface area contributed by atoms with Gasteiger partial charge in [-0.25, -0.2) is 0 Å². The molecule has 0 atom stereocenters. The first-order valence-corrected chi connectivity index (χ1v) is 7.05. The second kappa shape index (κ2) is 5.65. The summed E-state index contributed by atoms with van der Waals surface area (Å²) in [5.74, 6) is 0.247. The molecule has 21 heavy (non-hydrogen) atoms. The van der Waals surface area contributed by atoms with Crippen LogP contribution in [-0.4, -0.2) is 50.6 Å². The lowest BCUT2D eigenvalue weighted by molar-refractivity contribution is 0.0264. The maximum atomic E-state index is 12.3. The Bertz CT molecular complexity index is 620. The van der Waals surface area contributed by atoms with Crippen LogP contribution in [0.5, 0.6) is 0 Å². The van der Waals surface area contributed by atoms with Crippen molar-refractivity contribution < 1.29 is 9.90 Å². The highest BCUT2D eigenvalue weighted by atomic mass is 16.3. The van der Waals surface area contributed by atoms with Gasteiger partial charge in [0.15, 0.2) is 5.69 Å². The Morgan fingerprint density at radius 2 is 2.10 bits per heavy atom. The largest absolute Gasteiger partial charge is 0.393 e. The summed E-state index contributed by atoms with van der Waals surface area (Å²) in [5, 5.41) is 17.7. The summed E-state index contributed by atoms with van der Waals surface area (Å²) in [7, 11) is 1.76. The Labute approximate surface area is 123 Å². The number of carbonyl (C=O) groups excluding carboxylic acids is 1. The van der Waals surface area contributed by atoms with Crippen LogP contribution >= 0.6 is 0 Å². The van der Waals surface area contributed by atoms with Crippen LogP contribution in [0, 0.1) is 5.92 Å². The Morgan fingerprint density at radius 3 is 2.76 bits per heavy atom. The summed E-state index contributed by atoms with van der Waals surface area (Å²) in [4.78, 5) is 15.4. The molecule has 0 unspecified atom stereocenters. The van der Waals surface area contributed by atoms with Crippen LogP contribution in [0.2, 0.25) is 0 Å². The van der Waals surface area contributed by atoms with Crippen molar-refractivity contribution in [3.63, 3.8) is 0 Å². The summed E-state index contributed by atoms with van der Waals surface area (Å²) in [6.07, 6.45) is 2.84. The standard InChI is InChI=1S/C15H18N4O2/c1-18(10-11-7-13(20)8-11)15(21)14-9-16-19(17-14)12-5-3-2-4-6-12/h2-6,9,11,13,20H,7-8,10H2,1H3. The summed E-state index contributed by atoms with van der Waals surface area (Å²) in [6.45, 7) is 0.647. The number of carbonyl (C=O) groups is 1. The Morgan fingerprint density at radius 1 is 1.38 bits per heavy atom. The molecule has 0 radical (unpaired) electrons. The smallest absolute Gasteiger partial charge is 0.275 e. The van der Waals surface area contributed by atoms with Crippen molar-refractivity contribution in [2.45, 2.75) is 18.9 Å². The molecule has 1 heterocycles. The molecular weight excluding hydrogens is 268 g/mol. The van der Waals surface area contributed by atoms with E-state index >= 15 is 0 Å². The van der Waals surface area contributed by atoms with Gasteiger partial charge in [-0.2, -0.15) is 9.90 Å². The third kappa shape index (κ3) is 2.95. The zero-order chi connectivity index (χ0) is 14.8. The molecule has 0 spiro atoms. The molecule has 6 heteroatoms. The fourth-order valence-electron chi connectivity index (χ4n) is 2.56. The molecule has 0 aliphatic heterocycles. The monoisotopic (exact) mass is 286 g/mol. The Balaban J connectivity index is 1.66. The van der Waals surface area contributed by atoms with Crippen LogP contribution in [0.1, 0.15) is 23.3 Å². The molecule has 110 valence electrons. The number of hydrogen-bond acceptors (Lipinski definition) is 4. The number of aromatic nitrogens is 3. The molecule has 1 aromatic carbocycles. The number of para-hydroxylation sites is 1. The number of aliphatic hydroxyl groups is 1. The molecule has 0 bridgehead atoms. The lowest BCUT2D eigenvalue weighted by Crippen LogP contribution is -2.39. The minimum absolute atomic E-state index is 0.140. The molecule has 6 nitrogen and oxygen atoms in total. The van der Waals surface area contributed by atoms with E-state index in [2.05, 4.69) is 10.2 Å². The molecule has 1 aromatic heterocycles. The van der Waals surface area contributed by atoms with E-state index in [1.165, 1.54) is 11.0 Å². The van der Waals surface area contributed by atoms with Crippen molar-refractivity contribution in [2.24, 2.45) is 5.92 Å². The number of benzene rings is 1. The van der Waals surface area contributed by atoms with Gasteiger partial charge < -0.3 is 10.0 Å². The average molecular weight is 286 g/mol. The van der Waals surface area contributed by atoms with Crippen LogP contribution < -0.4 is 0 Å². The lowest BCUT2D eigenvalue weighted by Gasteiger charge is -2.34. The fourth-order valence-corrected chi connectivity index (χ4v) is 2.56. The van der Waals surface area contributed by atoms with E-state index in [9.17, 15) is 9.90 Å². The number of nitrogens with zero attached hydrogens (tertiary/aromatic N) is 4. The van der Waals surface area contributed by atoms with E-state index in [1.807, 2.05) is 30.3 Å². The lowest BCUT2D eigenvalue weighted by atomic mass is 9.82. The molecule has 1 saturated carbocycles. The van der Waals surface area contributed by atoms with Gasteiger partial charge in [0.1, 0.15) is 0 Å². The Hall–Kier alpha value is -2.21. The van der Waals surface area contributed by atoms with Crippen molar-refractivity contribution in [1.82, 2.24) is 19.9 Å². The zero-order valence-corrected chi connectivity index (χ0v) is 11.9. The van der Waals surface area contributed by atoms with E-state index in [-0.39, 0.29) is 12.0 Å². The van der Waals surface area contributed by atoms with Gasteiger partial charge in [0.25, 0.3) is 5.91 Å². The Kier molecular flexibility index (Phi) is 3.70. The molecule has 3 rings (SSSR count). The number of aliphatic hydroxyl groups excluding tert-OH is 1. The maximum Gasteiger partial charge on any atom is 0.275 e. The van der Waals surface area contributed by atoms with E-state index < -0.39 is 0 Å². The van der Waals surface area contributed by atoms with Gasteiger partial charge in [0.2, 0.25) is 0 Å². The minimum Gasteiger partial charge on any atom is -0.393 e. The van der Waals surface area contributed by atoms with Crippen molar-refractivity contribution in [3.05, 3.63) is 42.2 Å². The topological polar surface area (TPSA) is 71.2 Å². The second-order valence-corrected chi connectivity index (χ2v) is 5.53. The molecule has 1 aliphatic rings. The molecule has 1 amide bonds.